The minimum absolute atomic E-state index is 0.158. The minimum Gasteiger partial charge on any atom is -0.444 e. The Morgan fingerprint density at radius 3 is 2.62 bits per heavy atom. The lowest BCUT2D eigenvalue weighted by molar-refractivity contribution is -0.0134. The standard InChI is InChI=1S/C17H24N2O2/c1-17(2,3)21-16(20)19-10-9-14-15(19)12-18(14)11-13-7-5-4-6-8-13/h4-8,14-15H,9-12H2,1-3H3/t14-,15-/m0/s1. The Balaban J connectivity index is 1.56. The van der Waals surface area contributed by atoms with Gasteiger partial charge in [-0.25, -0.2) is 4.79 Å². The van der Waals surface area contributed by atoms with Gasteiger partial charge in [-0.05, 0) is 32.8 Å². The van der Waals surface area contributed by atoms with Gasteiger partial charge in [0.25, 0.3) is 0 Å². The number of hydrogen-bond donors (Lipinski definition) is 0. The van der Waals surface area contributed by atoms with Crippen molar-refractivity contribution in [3.63, 3.8) is 0 Å². The fraction of sp³-hybridized carbons (Fsp3) is 0.588. The van der Waals surface area contributed by atoms with E-state index in [2.05, 4.69) is 29.2 Å². The molecule has 114 valence electrons. The lowest BCUT2D eigenvalue weighted by atomic mass is 9.96. The van der Waals surface area contributed by atoms with Crippen LogP contribution >= 0.6 is 0 Å². The highest BCUT2D eigenvalue weighted by atomic mass is 16.6. The monoisotopic (exact) mass is 288 g/mol. The molecule has 2 saturated heterocycles. The summed E-state index contributed by atoms with van der Waals surface area (Å²) >= 11 is 0. The molecule has 1 amide bonds. The molecule has 21 heavy (non-hydrogen) atoms. The maximum atomic E-state index is 12.2. The van der Waals surface area contributed by atoms with Gasteiger partial charge in [0.15, 0.2) is 0 Å². The number of amides is 1. The van der Waals surface area contributed by atoms with E-state index in [1.54, 1.807) is 0 Å². The van der Waals surface area contributed by atoms with Crippen LogP contribution in [0.25, 0.3) is 0 Å². The van der Waals surface area contributed by atoms with Crippen LogP contribution in [0.1, 0.15) is 32.8 Å². The predicted octanol–water partition coefficient (Wildman–Crippen LogP) is 2.88. The van der Waals surface area contributed by atoms with Crippen LogP contribution in [-0.4, -0.2) is 46.7 Å². The van der Waals surface area contributed by atoms with Crippen LogP contribution in [0.3, 0.4) is 0 Å². The van der Waals surface area contributed by atoms with Crippen molar-refractivity contribution in [2.24, 2.45) is 0 Å². The lowest BCUT2D eigenvalue weighted by Crippen LogP contribution is -2.62. The summed E-state index contributed by atoms with van der Waals surface area (Å²) in [6.45, 7) is 8.50. The SMILES string of the molecule is CC(C)(C)OC(=O)N1CC[C@H]2[C@@H]1CN2Cc1ccccc1. The Labute approximate surface area is 126 Å². The topological polar surface area (TPSA) is 32.8 Å². The third-order valence-corrected chi connectivity index (χ3v) is 4.26. The van der Waals surface area contributed by atoms with Gasteiger partial charge in [0, 0.05) is 25.7 Å². The number of carbonyl (C=O) groups is 1. The highest BCUT2D eigenvalue weighted by Crippen LogP contribution is 2.34. The third kappa shape index (κ3) is 3.05. The van der Waals surface area contributed by atoms with Gasteiger partial charge in [-0.2, -0.15) is 0 Å². The first kappa shape index (κ1) is 14.4. The van der Waals surface area contributed by atoms with Gasteiger partial charge >= 0.3 is 6.09 Å². The van der Waals surface area contributed by atoms with E-state index < -0.39 is 5.60 Å². The van der Waals surface area contributed by atoms with Crippen LogP contribution < -0.4 is 0 Å². The number of carbonyl (C=O) groups excluding carboxylic acids is 1. The second-order valence-electron chi connectivity index (χ2n) is 7.01. The summed E-state index contributed by atoms with van der Waals surface area (Å²) in [6, 6.07) is 11.4. The summed E-state index contributed by atoms with van der Waals surface area (Å²) in [5.74, 6) is 0. The molecule has 2 fully saturated rings. The molecule has 0 N–H and O–H groups in total. The molecule has 0 aromatic heterocycles. The lowest BCUT2D eigenvalue weighted by Gasteiger charge is -2.46. The van der Waals surface area contributed by atoms with E-state index in [4.69, 9.17) is 4.74 Å². The van der Waals surface area contributed by atoms with Crippen molar-refractivity contribution in [1.82, 2.24) is 9.80 Å². The second kappa shape index (κ2) is 5.34. The number of nitrogens with zero attached hydrogens (tertiary/aromatic N) is 2. The maximum absolute atomic E-state index is 12.2. The molecule has 2 aliphatic rings. The van der Waals surface area contributed by atoms with E-state index in [-0.39, 0.29) is 6.09 Å². The van der Waals surface area contributed by atoms with Gasteiger partial charge < -0.3 is 9.64 Å². The first-order valence-corrected chi connectivity index (χ1v) is 7.72. The van der Waals surface area contributed by atoms with Crippen molar-refractivity contribution >= 4 is 6.09 Å². The largest absolute Gasteiger partial charge is 0.444 e. The van der Waals surface area contributed by atoms with Crippen molar-refractivity contribution in [2.75, 3.05) is 13.1 Å². The highest BCUT2D eigenvalue weighted by molar-refractivity contribution is 5.69. The van der Waals surface area contributed by atoms with Gasteiger partial charge in [0.2, 0.25) is 0 Å². The van der Waals surface area contributed by atoms with Gasteiger partial charge in [-0.3, -0.25) is 4.90 Å². The Morgan fingerprint density at radius 1 is 1.24 bits per heavy atom. The molecule has 2 atom stereocenters. The summed E-state index contributed by atoms with van der Waals surface area (Å²) in [4.78, 5) is 16.6. The zero-order chi connectivity index (χ0) is 15.0. The van der Waals surface area contributed by atoms with E-state index in [0.717, 1.165) is 26.1 Å². The fourth-order valence-electron chi connectivity index (χ4n) is 3.27. The highest BCUT2D eigenvalue weighted by Gasteiger charge is 2.49. The summed E-state index contributed by atoms with van der Waals surface area (Å²) < 4.78 is 5.50. The molecule has 0 aliphatic carbocycles. The van der Waals surface area contributed by atoms with Crippen LogP contribution in [0.5, 0.6) is 0 Å². The summed E-state index contributed by atoms with van der Waals surface area (Å²) in [5.41, 5.74) is 0.925. The molecule has 0 saturated carbocycles. The Bertz CT molecular complexity index is 509. The third-order valence-electron chi connectivity index (χ3n) is 4.26. The molecular formula is C17H24N2O2. The average molecular weight is 288 g/mol. The number of hydrogen-bond acceptors (Lipinski definition) is 3. The Kier molecular flexibility index (Phi) is 3.66. The summed E-state index contributed by atoms with van der Waals surface area (Å²) in [6.07, 6.45) is 0.894. The van der Waals surface area contributed by atoms with E-state index in [1.165, 1.54) is 5.56 Å². The molecule has 0 radical (unpaired) electrons. The molecule has 3 rings (SSSR count). The molecule has 2 aliphatic heterocycles. The van der Waals surface area contributed by atoms with E-state index >= 15 is 0 Å². The van der Waals surface area contributed by atoms with Crippen LogP contribution in [0, 0.1) is 0 Å². The van der Waals surface area contributed by atoms with Crippen LogP contribution in [0.4, 0.5) is 4.79 Å². The minimum atomic E-state index is -0.414. The second-order valence-corrected chi connectivity index (χ2v) is 7.01. The quantitative estimate of drug-likeness (QED) is 0.839. The number of rotatable bonds is 2. The van der Waals surface area contributed by atoms with Crippen molar-refractivity contribution in [2.45, 2.75) is 51.4 Å². The molecule has 0 spiro atoms. The molecule has 1 aromatic rings. The first-order valence-electron chi connectivity index (χ1n) is 7.72. The molecule has 4 heteroatoms. The zero-order valence-electron chi connectivity index (χ0n) is 13.1. The Morgan fingerprint density at radius 2 is 1.95 bits per heavy atom. The smallest absolute Gasteiger partial charge is 0.410 e. The zero-order valence-corrected chi connectivity index (χ0v) is 13.1. The van der Waals surface area contributed by atoms with E-state index in [0.29, 0.717) is 12.1 Å². The van der Waals surface area contributed by atoms with Gasteiger partial charge in [0.1, 0.15) is 5.60 Å². The molecule has 2 heterocycles. The van der Waals surface area contributed by atoms with E-state index in [9.17, 15) is 4.79 Å². The predicted molar refractivity (Wildman–Crippen MR) is 82.0 cm³/mol. The van der Waals surface area contributed by atoms with E-state index in [1.807, 2.05) is 31.7 Å². The first-order chi connectivity index (χ1) is 9.94. The fourth-order valence-corrected chi connectivity index (χ4v) is 3.27. The molecule has 1 aromatic carbocycles. The van der Waals surface area contributed by atoms with Crippen LogP contribution in [0.2, 0.25) is 0 Å². The molecule has 4 nitrogen and oxygen atoms in total. The number of benzene rings is 1. The van der Waals surface area contributed by atoms with Gasteiger partial charge in [-0.1, -0.05) is 30.3 Å². The summed E-state index contributed by atoms with van der Waals surface area (Å²) in [7, 11) is 0. The van der Waals surface area contributed by atoms with Gasteiger partial charge in [-0.15, -0.1) is 0 Å². The number of likely N-dealkylation sites (tertiary alicyclic amines) is 2. The molecular weight excluding hydrogens is 264 g/mol. The van der Waals surface area contributed by atoms with Crippen molar-refractivity contribution in [3.05, 3.63) is 35.9 Å². The maximum Gasteiger partial charge on any atom is 0.410 e. The van der Waals surface area contributed by atoms with Crippen molar-refractivity contribution < 1.29 is 9.53 Å². The molecule has 0 unspecified atom stereocenters. The summed E-state index contributed by atoms with van der Waals surface area (Å²) in [5, 5.41) is 0. The van der Waals surface area contributed by atoms with Crippen LogP contribution in [0.15, 0.2) is 30.3 Å². The van der Waals surface area contributed by atoms with Gasteiger partial charge in [0.05, 0.1) is 6.04 Å². The number of ether oxygens (including phenoxy) is 1. The van der Waals surface area contributed by atoms with Crippen molar-refractivity contribution in [3.8, 4) is 0 Å². The Hall–Kier alpha value is -1.55. The van der Waals surface area contributed by atoms with Crippen LogP contribution in [-0.2, 0) is 11.3 Å². The number of fused-ring (bicyclic) bond motifs is 1. The van der Waals surface area contributed by atoms with Crippen molar-refractivity contribution in [1.29, 1.82) is 0 Å². The molecule has 0 bridgehead atoms. The average Bonchev–Trinajstić information content (AvgIpc) is 2.73. The normalized spacial score (nSPS) is 25.4.